The molecule has 1 aromatic rings. The molecule has 0 saturated carbocycles. The molecule has 0 aromatic heterocycles. The maximum absolute atomic E-state index is 13.4. The van der Waals surface area contributed by atoms with E-state index in [0.29, 0.717) is 19.6 Å². The van der Waals surface area contributed by atoms with Crippen LogP contribution in [0, 0.1) is 17.1 Å². The largest absolute Gasteiger partial charge is 0.481 e. The Bertz CT molecular complexity index is 471. The van der Waals surface area contributed by atoms with Crippen molar-refractivity contribution in [1.29, 1.82) is 5.26 Å². The lowest BCUT2D eigenvalue weighted by atomic mass is 10.2. The van der Waals surface area contributed by atoms with Gasteiger partial charge in [-0.3, -0.25) is 4.79 Å². The van der Waals surface area contributed by atoms with Crippen molar-refractivity contribution in [2.75, 3.05) is 26.9 Å². The molecular weight excluding hydrogens is 251 g/mol. The number of nitrogens with zero attached hydrogens (tertiary/aromatic N) is 1. The molecule has 6 heteroatoms. The summed E-state index contributed by atoms with van der Waals surface area (Å²) in [6.07, 6.45) is 0.702. The highest BCUT2D eigenvalue weighted by atomic mass is 19.1. The number of methoxy groups -OCH3 is 1. The number of hydrogen-bond donors (Lipinski definition) is 1. The van der Waals surface area contributed by atoms with Crippen LogP contribution in [0.1, 0.15) is 12.0 Å². The Morgan fingerprint density at radius 2 is 2.32 bits per heavy atom. The van der Waals surface area contributed by atoms with Crippen LogP contribution in [-0.2, 0) is 9.53 Å². The predicted molar refractivity (Wildman–Crippen MR) is 66.1 cm³/mol. The summed E-state index contributed by atoms with van der Waals surface area (Å²) in [6, 6.07) is 5.63. The molecule has 1 amide bonds. The minimum atomic E-state index is -0.661. The second-order valence-corrected chi connectivity index (χ2v) is 3.74. The van der Waals surface area contributed by atoms with Crippen LogP contribution in [0.4, 0.5) is 4.39 Å². The first-order valence-electron chi connectivity index (χ1n) is 5.75. The molecular formula is C13H15FN2O3. The van der Waals surface area contributed by atoms with Gasteiger partial charge < -0.3 is 14.8 Å². The van der Waals surface area contributed by atoms with Gasteiger partial charge in [0.05, 0.1) is 11.6 Å². The van der Waals surface area contributed by atoms with Crippen molar-refractivity contribution in [3.05, 3.63) is 29.6 Å². The van der Waals surface area contributed by atoms with E-state index in [9.17, 15) is 9.18 Å². The molecule has 0 spiro atoms. The van der Waals surface area contributed by atoms with Gasteiger partial charge in [0.25, 0.3) is 5.91 Å². The highest BCUT2D eigenvalue weighted by molar-refractivity contribution is 5.77. The summed E-state index contributed by atoms with van der Waals surface area (Å²) >= 11 is 0. The topological polar surface area (TPSA) is 71.3 Å². The number of carbonyl (C=O) groups is 1. The molecule has 0 aliphatic rings. The number of hydrogen-bond acceptors (Lipinski definition) is 4. The highest BCUT2D eigenvalue weighted by Crippen LogP contribution is 2.17. The van der Waals surface area contributed by atoms with Gasteiger partial charge in [-0.15, -0.1) is 0 Å². The standard InChI is InChI=1S/C13H15FN2O3/c1-18-6-2-5-16-13(17)9-19-12-4-3-10(8-15)7-11(12)14/h3-4,7H,2,5-6,9H2,1H3,(H,16,17). The van der Waals surface area contributed by atoms with Crippen molar-refractivity contribution in [3.8, 4) is 11.8 Å². The van der Waals surface area contributed by atoms with Crippen molar-refractivity contribution in [2.24, 2.45) is 0 Å². The fourth-order valence-electron chi connectivity index (χ4n) is 1.33. The van der Waals surface area contributed by atoms with Crippen LogP contribution in [-0.4, -0.2) is 32.8 Å². The van der Waals surface area contributed by atoms with Gasteiger partial charge in [-0.2, -0.15) is 5.26 Å². The molecule has 0 bridgehead atoms. The summed E-state index contributed by atoms with van der Waals surface area (Å²) < 4.78 is 23.3. The average Bonchev–Trinajstić information content (AvgIpc) is 2.42. The first-order valence-corrected chi connectivity index (χ1v) is 5.75. The number of halogens is 1. The van der Waals surface area contributed by atoms with E-state index in [4.69, 9.17) is 14.7 Å². The van der Waals surface area contributed by atoms with Gasteiger partial charge in [-0.1, -0.05) is 0 Å². The SMILES string of the molecule is COCCCNC(=O)COc1ccc(C#N)cc1F. The summed E-state index contributed by atoms with van der Waals surface area (Å²) in [5.74, 6) is -1.04. The van der Waals surface area contributed by atoms with Gasteiger partial charge in [0.2, 0.25) is 0 Å². The summed E-state index contributed by atoms with van der Waals surface area (Å²) in [7, 11) is 1.58. The van der Waals surface area contributed by atoms with Crippen LogP contribution in [0.3, 0.4) is 0 Å². The molecule has 0 aliphatic heterocycles. The number of ether oxygens (including phenoxy) is 2. The molecule has 1 N–H and O–H groups in total. The van der Waals surface area contributed by atoms with Crippen LogP contribution in [0.15, 0.2) is 18.2 Å². The monoisotopic (exact) mass is 266 g/mol. The first-order chi connectivity index (χ1) is 9.17. The lowest BCUT2D eigenvalue weighted by molar-refractivity contribution is -0.123. The summed E-state index contributed by atoms with van der Waals surface area (Å²) in [5, 5.41) is 11.2. The molecule has 1 rings (SSSR count). The van der Waals surface area contributed by atoms with Crippen molar-refractivity contribution in [2.45, 2.75) is 6.42 Å². The third kappa shape index (κ3) is 5.36. The molecule has 0 fully saturated rings. The van der Waals surface area contributed by atoms with E-state index in [1.807, 2.05) is 6.07 Å². The zero-order valence-corrected chi connectivity index (χ0v) is 10.6. The van der Waals surface area contributed by atoms with Crippen LogP contribution in [0.5, 0.6) is 5.75 Å². The first kappa shape index (κ1) is 14.9. The highest BCUT2D eigenvalue weighted by Gasteiger charge is 2.07. The molecule has 0 aliphatic carbocycles. The quantitative estimate of drug-likeness (QED) is 0.753. The summed E-state index contributed by atoms with van der Waals surface area (Å²) in [5.41, 5.74) is 0.203. The average molecular weight is 266 g/mol. The normalized spacial score (nSPS) is 9.74. The second kappa shape index (κ2) is 8.06. The molecule has 0 atom stereocenters. The Morgan fingerprint density at radius 3 is 2.95 bits per heavy atom. The van der Waals surface area contributed by atoms with Crippen molar-refractivity contribution in [3.63, 3.8) is 0 Å². The fourth-order valence-corrected chi connectivity index (χ4v) is 1.33. The molecule has 0 radical (unpaired) electrons. The van der Waals surface area contributed by atoms with E-state index in [-0.39, 0.29) is 23.8 Å². The van der Waals surface area contributed by atoms with Gasteiger partial charge >= 0.3 is 0 Å². The second-order valence-electron chi connectivity index (χ2n) is 3.74. The maximum atomic E-state index is 13.4. The summed E-state index contributed by atoms with van der Waals surface area (Å²) in [6.45, 7) is 0.771. The Balaban J connectivity index is 2.36. The van der Waals surface area contributed by atoms with Crippen molar-refractivity contribution >= 4 is 5.91 Å². The molecule has 5 nitrogen and oxygen atoms in total. The predicted octanol–water partition coefficient (Wildman–Crippen LogP) is 1.23. The number of nitrogens with one attached hydrogen (secondary N) is 1. The van der Waals surface area contributed by atoms with E-state index < -0.39 is 5.82 Å². The van der Waals surface area contributed by atoms with E-state index >= 15 is 0 Å². The third-order valence-electron chi connectivity index (χ3n) is 2.27. The molecule has 0 heterocycles. The Morgan fingerprint density at radius 1 is 1.53 bits per heavy atom. The molecule has 1 aromatic carbocycles. The Kier molecular flexibility index (Phi) is 6.33. The smallest absolute Gasteiger partial charge is 0.257 e. The minimum absolute atomic E-state index is 0.0500. The minimum Gasteiger partial charge on any atom is -0.481 e. The van der Waals surface area contributed by atoms with Crippen molar-refractivity contribution in [1.82, 2.24) is 5.32 Å². The molecule has 102 valence electrons. The zero-order chi connectivity index (χ0) is 14.1. The van der Waals surface area contributed by atoms with Gasteiger partial charge in [0.15, 0.2) is 18.2 Å². The maximum Gasteiger partial charge on any atom is 0.257 e. The number of rotatable bonds is 7. The van der Waals surface area contributed by atoms with Gasteiger partial charge in [-0.05, 0) is 24.6 Å². The van der Waals surface area contributed by atoms with Gasteiger partial charge in [0.1, 0.15) is 0 Å². The number of amides is 1. The van der Waals surface area contributed by atoms with E-state index in [2.05, 4.69) is 5.32 Å². The number of benzene rings is 1. The lowest BCUT2D eigenvalue weighted by Crippen LogP contribution is -2.30. The fraction of sp³-hybridized carbons (Fsp3) is 0.385. The van der Waals surface area contributed by atoms with Gasteiger partial charge in [0, 0.05) is 20.3 Å². The van der Waals surface area contributed by atoms with Crippen LogP contribution < -0.4 is 10.1 Å². The Hall–Kier alpha value is -2.13. The molecule has 19 heavy (non-hydrogen) atoms. The third-order valence-corrected chi connectivity index (χ3v) is 2.27. The van der Waals surface area contributed by atoms with E-state index in [1.165, 1.54) is 12.1 Å². The van der Waals surface area contributed by atoms with Gasteiger partial charge in [-0.25, -0.2) is 4.39 Å². The number of carbonyl (C=O) groups excluding carboxylic acids is 1. The van der Waals surface area contributed by atoms with Crippen molar-refractivity contribution < 1.29 is 18.7 Å². The van der Waals surface area contributed by atoms with Crippen LogP contribution in [0.25, 0.3) is 0 Å². The number of nitriles is 1. The lowest BCUT2D eigenvalue weighted by Gasteiger charge is -2.08. The molecule has 0 unspecified atom stereocenters. The molecule has 0 saturated heterocycles. The van der Waals surface area contributed by atoms with Crippen LogP contribution >= 0.6 is 0 Å². The van der Waals surface area contributed by atoms with Crippen LogP contribution in [0.2, 0.25) is 0 Å². The van der Waals surface area contributed by atoms with E-state index in [1.54, 1.807) is 7.11 Å². The zero-order valence-electron chi connectivity index (χ0n) is 10.6. The Labute approximate surface area is 110 Å². The summed E-state index contributed by atoms with van der Waals surface area (Å²) in [4.78, 5) is 11.4. The van der Waals surface area contributed by atoms with E-state index in [0.717, 1.165) is 6.07 Å².